The second-order valence-electron chi connectivity index (χ2n) is 7.75. The molecule has 10 nitrogen and oxygen atoms in total. The molecule has 0 spiro atoms. The third-order valence-corrected chi connectivity index (χ3v) is 7.07. The number of aromatic nitrogens is 4. The third-order valence-electron chi connectivity index (χ3n) is 5.33. The van der Waals surface area contributed by atoms with Crippen LogP contribution in [0.25, 0.3) is 11.2 Å². The molecule has 0 aliphatic carbocycles. The number of carbonyl (C=O) groups is 1. The number of unbranched alkanes of at least 4 members (excludes halogenated alkanes) is 1. The van der Waals surface area contributed by atoms with Gasteiger partial charge in [0.15, 0.2) is 21.0 Å². The summed E-state index contributed by atoms with van der Waals surface area (Å²) in [6.45, 7) is 6.19. The Morgan fingerprint density at radius 3 is 2.45 bits per heavy atom. The number of hydrogen-bond donors (Lipinski definition) is 1. The number of hydrogen-bond acceptors (Lipinski definition) is 7. The van der Waals surface area contributed by atoms with E-state index in [9.17, 15) is 22.8 Å². The Morgan fingerprint density at radius 1 is 1.12 bits per heavy atom. The second kappa shape index (κ2) is 10.2. The third kappa shape index (κ3) is 5.41. The van der Waals surface area contributed by atoms with Crippen LogP contribution >= 0.6 is 0 Å². The zero-order valence-electron chi connectivity index (χ0n) is 19.0. The molecule has 3 rings (SSSR count). The first-order chi connectivity index (χ1) is 15.7. The zero-order chi connectivity index (χ0) is 24.2. The topological polar surface area (TPSA) is 133 Å². The van der Waals surface area contributed by atoms with Crippen molar-refractivity contribution in [3.63, 3.8) is 0 Å². The summed E-state index contributed by atoms with van der Waals surface area (Å²) in [5.74, 6) is -0.767. The van der Waals surface area contributed by atoms with E-state index in [0.29, 0.717) is 18.9 Å². The Bertz CT molecular complexity index is 1370. The van der Waals surface area contributed by atoms with Crippen molar-refractivity contribution in [1.29, 1.82) is 0 Å². The fourth-order valence-corrected chi connectivity index (χ4v) is 4.71. The summed E-state index contributed by atoms with van der Waals surface area (Å²) in [5.41, 5.74) is 0.324. The maximum absolute atomic E-state index is 12.4. The van der Waals surface area contributed by atoms with Crippen LogP contribution in [0.5, 0.6) is 0 Å². The highest BCUT2D eigenvalue weighted by Crippen LogP contribution is 2.15. The van der Waals surface area contributed by atoms with Crippen LogP contribution in [0.3, 0.4) is 0 Å². The van der Waals surface area contributed by atoms with E-state index < -0.39 is 27.1 Å². The monoisotopic (exact) mass is 476 g/mol. The lowest BCUT2D eigenvalue weighted by molar-refractivity contribution is -0.144. The number of carbonyl (C=O) groups excluding carboxylic acids is 1. The lowest BCUT2D eigenvalue weighted by atomic mass is 10.2. The SMILES string of the molecule is CCCCn1c(=O)[nH]c(=O)c2c1nc(COC(=O)CCS(=O)(=O)c1ccc(C)cc1)n2CC. The normalized spacial score (nSPS) is 11.7. The van der Waals surface area contributed by atoms with Crippen LogP contribution < -0.4 is 11.2 Å². The van der Waals surface area contributed by atoms with E-state index >= 15 is 0 Å². The highest BCUT2D eigenvalue weighted by molar-refractivity contribution is 7.91. The molecule has 0 amide bonds. The molecule has 0 aliphatic rings. The predicted molar refractivity (Wildman–Crippen MR) is 123 cm³/mol. The molecule has 3 aromatic rings. The van der Waals surface area contributed by atoms with Gasteiger partial charge in [0.05, 0.1) is 17.1 Å². The lowest BCUT2D eigenvalue weighted by Crippen LogP contribution is -2.31. The number of imidazole rings is 1. The standard InChI is InChI=1S/C22H28N4O6S/c1-4-6-12-26-20-19(21(28)24-22(26)29)25(5-2)17(23-20)14-32-18(27)11-13-33(30,31)16-9-7-15(3)8-10-16/h7-10H,4-6,11-14H2,1-3H3,(H,24,28,29). The molecule has 33 heavy (non-hydrogen) atoms. The molecule has 0 saturated carbocycles. The number of rotatable bonds is 10. The molecule has 2 aromatic heterocycles. The Balaban J connectivity index is 1.76. The van der Waals surface area contributed by atoms with Crippen molar-refractivity contribution in [1.82, 2.24) is 19.1 Å². The number of fused-ring (bicyclic) bond motifs is 1. The minimum absolute atomic E-state index is 0.151. The number of H-pyrrole nitrogens is 1. The summed E-state index contributed by atoms with van der Waals surface area (Å²) in [6, 6.07) is 6.41. The molecule has 1 aromatic carbocycles. The minimum Gasteiger partial charge on any atom is -0.457 e. The molecule has 0 bridgehead atoms. The van der Waals surface area contributed by atoms with Gasteiger partial charge in [-0.05, 0) is 32.4 Å². The maximum atomic E-state index is 12.4. The number of benzene rings is 1. The fraction of sp³-hybridized carbons (Fsp3) is 0.455. The summed E-state index contributed by atoms with van der Waals surface area (Å²) in [7, 11) is -3.62. The van der Waals surface area contributed by atoms with E-state index in [1.54, 1.807) is 16.7 Å². The Kier molecular flexibility index (Phi) is 7.52. The summed E-state index contributed by atoms with van der Waals surface area (Å²) in [6.07, 6.45) is 1.28. The first-order valence-corrected chi connectivity index (χ1v) is 12.5. The highest BCUT2D eigenvalue weighted by atomic mass is 32.2. The van der Waals surface area contributed by atoms with Gasteiger partial charge in [0.1, 0.15) is 12.4 Å². The van der Waals surface area contributed by atoms with Crippen LogP contribution in [-0.4, -0.2) is 39.2 Å². The van der Waals surface area contributed by atoms with Gasteiger partial charge in [-0.25, -0.2) is 18.2 Å². The number of nitrogens with zero attached hydrogens (tertiary/aromatic N) is 3. The first kappa shape index (κ1) is 24.4. The largest absolute Gasteiger partial charge is 0.457 e. The van der Waals surface area contributed by atoms with Gasteiger partial charge in [-0.1, -0.05) is 31.0 Å². The number of aryl methyl sites for hydroxylation is 3. The van der Waals surface area contributed by atoms with Crippen molar-refractivity contribution in [2.24, 2.45) is 0 Å². The molecule has 178 valence electrons. The summed E-state index contributed by atoms with van der Waals surface area (Å²) < 4.78 is 33.1. The van der Waals surface area contributed by atoms with Crippen molar-refractivity contribution < 1.29 is 17.9 Å². The van der Waals surface area contributed by atoms with Crippen molar-refractivity contribution in [2.45, 2.75) is 64.6 Å². The number of ether oxygens (including phenoxy) is 1. The van der Waals surface area contributed by atoms with Gasteiger partial charge in [0.2, 0.25) is 0 Å². The summed E-state index contributed by atoms with van der Waals surface area (Å²) in [4.78, 5) is 43.8. The van der Waals surface area contributed by atoms with Gasteiger partial charge >= 0.3 is 11.7 Å². The van der Waals surface area contributed by atoms with Gasteiger partial charge in [-0.3, -0.25) is 19.1 Å². The molecule has 0 unspecified atom stereocenters. The molecule has 1 N–H and O–H groups in total. The van der Waals surface area contributed by atoms with Crippen LogP contribution in [0.4, 0.5) is 0 Å². The van der Waals surface area contributed by atoms with Crippen molar-refractivity contribution in [2.75, 3.05) is 5.75 Å². The van der Waals surface area contributed by atoms with Crippen LogP contribution in [0.2, 0.25) is 0 Å². The Morgan fingerprint density at radius 2 is 1.82 bits per heavy atom. The van der Waals surface area contributed by atoms with E-state index in [0.717, 1.165) is 18.4 Å². The molecular formula is C22H28N4O6S. The van der Waals surface area contributed by atoms with E-state index in [-0.39, 0.29) is 34.8 Å². The van der Waals surface area contributed by atoms with E-state index in [1.807, 2.05) is 20.8 Å². The van der Waals surface area contributed by atoms with Crippen LogP contribution in [-0.2, 0) is 39.1 Å². The number of aromatic amines is 1. The molecule has 11 heteroatoms. The number of nitrogens with one attached hydrogen (secondary N) is 1. The molecular weight excluding hydrogens is 448 g/mol. The van der Waals surface area contributed by atoms with Gasteiger partial charge in [0, 0.05) is 13.1 Å². The average Bonchev–Trinajstić information content (AvgIpc) is 3.15. The molecule has 0 saturated heterocycles. The quantitative estimate of drug-likeness (QED) is 0.442. The maximum Gasteiger partial charge on any atom is 0.330 e. The van der Waals surface area contributed by atoms with Crippen LogP contribution in [0, 0.1) is 6.92 Å². The molecule has 0 aliphatic heterocycles. The highest BCUT2D eigenvalue weighted by Gasteiger charge is 2.20. The van der Waals surface area contributed by atoms with Gasteiger partial charge < -0.3 is 9.30 Å². The van der Waals surface area contributed by atoms with Crippen LogP contribution in [0.15, 0.2) is 38.8 Å². The number of sulfone groups is 1. The molecule has 0 atom stereocenters. The van der Waals surface area contributed by atoms with Crippen molar-refractivity contribution in [3.8, 4) is 0 Å². The van der Waals surface area contributed by atoms with Crippen molar-refractivity contribution in [3.05, 3.63) is 56.5 Å². The average molecular weight is 477 g/mol. The smallest absolute Gasteiger partial charge is 0.330 e. The predicted octanol–water partition coefficient (Wildman–Crippen LogP) is 1.92. The molecule has 0 fully saturated rings. The summed E-state index contributed by atoms with van der Waals surface area (Å²) >= 11 is 0. The zero-order valence-corrected chi connectivity index (χ0v) is 19.8. The Hall–Kier alpha value is -3.21. The van der Waals surface area contributed by atoms with Crippen LogP contribution in [0.1, 0.15) is 44.5 Å². The Labute approximate surface area is 191 Å². The van der Waals surface area contributed by atoms with E-state index in [4.69, 9.17) is 4.74 Å². The van der Waals surface area contributed by atoms with Crippen molar-refractivity contribution >= 4 is 27.0 Å². The fourth-order valence-electron chi connectivity index (χ4n) is 3.49. The van der Waals surface area contributed by atoms with Gasteiger partial charge in [-0.15, -0.1) is 0 Å². The van der Waals surface area contributed by atoms with E-state index in [1.165, 1.54) is 16.7 Å². The lowest BCUT2D eigenvalue weighted by Gasteiger charge is -2.08. The van der Waals surface area contributed by atoms with E-state index in [2.05, 4.69) is 9.97 Å². The second-order valence-corrected chi connectivity index (χ2v) is 9.86. The first-order valence-electron chi connectivity index (χ1n) is 10.8. The number of esters is 1. The molecule has 2 heterocycles. The van der Waals surface area contributed by atoms with Gasteiger partial charge in [0.25, 0.3) is 5.56 Å². The van der Waals surface area contributed by atoms with Gasteiger partial charge in [-0.2, -0.15) is 0 Å². The molecule has 0 radical (unpaired) electrons. The summed E-state index contributed by atoms with van der Waals surface area (Å²) in [5, 5.41) is 0. The minimum atomic E-state index is -3.62.